The highest BCUT2D eigenvalue weighted by Gasteiger charge is 2.76. The zero-order valence-corrected chi connectivity index (χ0v) is 64.5. The summed E-state index contributed by atoms with van der Waals surface area (Å²) in [5, 5.41) is 31.1. The second kappa shape index (κ2) is 40.7. The third-order valence-electron chi connectivity index (χ3n) is 22.0. The van der Waals surface area contributed by atoms with E-state index in [1.54, 1.807) is 55.2 Å². The van der Waals surface area contributed by atoms with Gasteiger partial charge >= 0.3 is 12.1 Å². The number of hydrogen-bond donors (Lipinski definition) is 9. The van der Waals surface area contributed by atoms with Crippen LogP contribution in [0, 0.1) is 46.3 Å². The molecule has 0 spiro atoms. The van der Waals surface area contributed by atoms with Gasteiger partial charge in [0.2, 0.25) is 35.4 Å². The fourth-order valence-electron chi connectivity index (χ4n) is 16.4. The zero-order valence-electron chi connectivity index (χ0n) is 64.5. The van der Waals surface area contributed by atoms with Gasteiger partial charge in [-0.3, -0.25) is 38.4 Å². The second-order valence-electron chi connectivity index (χ2n) is 30.0. The van der Waals surface area contributed by atoms with E-state index in [1.807, 2.05) is 98.8 Å². The molecule has 4 aromatic carbocycles. The first kappa shape index (κ1) is 84.7. The molecule has 2 aliphatic heterocycles. The Morgan fingerprint density at radius 3 is 2.13 bits per heavy atom. The molecular weight excluding hydrogens is 1440 g/mol. The standard InChI is InChI=1S/C84H107N9O19/c1-6-15-75-111-69-48-64-63-30-27-60-47-62(94)33-35-82(60,4)76(63)67(95)49-83(64,5)84(69,112-75)68(96)53-109-73(46-55-16-8-7-9-17-55)91-72(99)50-88-81(104)110-52-56-23-28-61(29-24-56)89-78(101)65(21-14-36-87-80(85)103)90-79(102)77(54(2)3)92-71(98)34-38-105-40-42-107-44-45-108-43-41-106-39-37-86-70(97)31-32-74(100)93-51-59-20-11-10-18-57(59)25-26-58-19-12-13-22-66(58)93/h7-13,16-20,22-24,28-29,33,35,47,54,63-65,67,69,73,75-77,95H,6,14-15,21,27,30-32,34,36-46,48-53H2,1-5H3,(H,86,97)(H,88,104)(H,89,101)(H,90,102)(H,91,99)(H,92,98)(H3,85,87,103)/t63-,64-,65-,67-,69+,73?,75?,76+,77-,82-,83-,84+/m0/s1. The predicted octanol–water partition coefficient (Wildman–Crippen LogP) is 6.66. The second-order valence-corrected chi connectivity index (χ2v) is 30.0. The van der Waals surface area contributed by atoms with Gasteiger partial charge in [-0.25, -0.2) is 9.59 Å². The Kier molecular flexibility index (Phi) is 30.8. The summed E-state index contributed by atoms with van der Waals surface area (Å²) in [6, 6.07) is 27.9. The molecular formula is C84H107N9O19. The number of anilines is 2. The molecule has 4 fully saturated rings. The molecule has 0 aromatic heterocycles. The van der Waals surface area contributed by atoms with Gasteiger partial charge in [0.05, 0.1) is 77.3 Å². The molecule has 0 bridgehead atoms. The molecule has 9 amide bonds. The number of allylic oxidation sites excluding steroid dienone is 4. The van der Waals surface area contributed by atoms with E-state index in [9.17, 15) is 48.3 Å². The Hall–Kier alpha value is -9.70. The lowest BCUT2D eigenvalue weighted by molar-refractivity contribution is -0.202. The first-order valence-electron chi connectivity index (χ1n) is 38.9. The number of hydrogen-bond acceptors (Lipinski definition) is 19. The van der Waals surface area contributed by atoms with Crippen LogP contribution >= 0.6 is 0 Å². The van der Waals surface area contributed by atoms with Gasteiger partial charge in [-0.2, -0.15) is 0 Å². The number of ether oxygens (including phenoxy) is 8. The number of para-hydroxylation sites is 1. The van der Waals surface area contributed by atoms with Crippen LogP contribution in [0.5, 0.6) is 0 Å². The summed E-state index contributed by atoms with van der Waals surface area (Å²) in [4.78, 5) is 134. The SMILES string of the molecule is CCCC1O[C@@H]2C[C@H]3[C@@H]4CCC5=CC(=O)C=C[C@]5(C)[C@H]4[C@@H](O)C[C@]3(C)[C@]2(C(=O)COC(Cc2ccccc2)NC(=O)CNC(=O)OCc2ccc(NC(=O)[C@H](CCCNC(N)=O)NC(=O)[C@@H](NC(=O)CCOCCOCCOCCOCCNC(=O)CCC(=O)N3Cc4ccccc4C#Cc4ccccc43)C(C)C)cc2)O1. The predicted molar refractivity (Wildman–Crippen MR) is 413 cm³/mol. The summed E-state index contributed by atoms with van der Waals surface area (Å²) in [6.45, 7) is 11.1. The van der Waals surface area contributed by atoms with Crippen LogP contribution in [-0.4, -0.2) is 186 Å². The van der Waals surface area contributed by atoms with Crippen molar-refractivity contribution in [3.8, 4) is 11.8 Å². The number of rotatable bonds is 41. The minimum Gasteiger partial charge on any atom is -0.445 e. The number of amides is 9. The van der Waals surface area contributed by atoms with E-state index >= 15 is 4.79 Å². The Bertz CT molecular complexity index is 4090. The van der Waals surface area contributed by atoms with Gasteiger partial charge in [0.25, 0.3) is 0 Å². The van der Waals surface area contributed by atoms with Crippen LogP contribution in [0.25, 0.3) is 0 Å². The van der Waals surface area contributed by atoms with Gasteiger partial charge in [-0.1, -0.05) is 137 Å². The highest BCUT2D eigenvalue weighted by Crippen LogP contribution is 2.70. The van der Waals surface area contributed by atoms with Crippen molar-refractivity contribution in [1.82, 2.24) is 31.9 Å². The van der Waals surface area contributed by atoms with Crippen molar-refractivity contribution in [1.29, 1.82) is 0 Å². The smallest absolute Gasteiger partial charge is 0.407 e. The van der Waals surface area contributed by atoms with Crippen LogP contribution in [0.15, 0.2) is 127 Å². The summed E-state index contributed by atoms with van der Waals surface area (Å²) >= 11 is 0. The number of nitrogens with zero attached hydrogens (tertiary/aromatic N) is 1. The van der Waals surface area contributed by atoms with Crippen LogP contribution < -0.4 is 47.9 Å². The first-order chi connectivity index (χ1) is 54.0. The Labute approximate surface area is 653 Å². The number of benzene rings is 4. The fraction of sp³-hybridized carbons (Fsp3) is 0.524. The number of carbonyl (C=O) groups is 10. The number of ketones is 2. The van der Waals surface area contributed by atoms with E-state index in [0.717, 1.165) is 40.7 Å². The monoisotopic (exact) mass is 1550 g/mol. The summed E-state index contributed by atoms with van der Waals surface area (Å²) in [7, 11) is 0. The van der Waals surface area contributed by atoms with Gasteiger partial charge in [0.15, 0.2) is 23.5 Å². The Balaban J connectivity index is 0.601. The van der Waals surface area contributed by atoms with Gasteiger partial charge < -0.3 is 90.9 Å². The molecule has 4 aliphatic carbocycles. The average molecular weight is 1550 g/mol. The normalized spacial score (nSPS) is 23.2. The van der Waals surface area contributed by atoms with Crippen LogP contribution in [0.2, 0.25) is 0 Å². The van der Waals surface area contributed by atoms with E-state index in [0.29, 0.717) is 62.6 Å². The van der Waals surface area contributed by atoms with Gasteiger partial charge in [0, 0.05) is 72.3 Å². The molecule has 12 atom stereocenters. The number of aliphatic hydroxyl groups excluding tert-OH is 1. The minimum absolute atomic E-state index is 0.0160. The number of nitrogens with two attached hydrogens (primary N) is 1. The van der Waals surface area contributed by atoms with Crippen molar-refractivity contribution < 1.29 is 90.9 Å². The molecule has 28 heteroatoms. The molecule has 0 radical (unpaired) electrons. The molecule has 2 heterocycles. The van der Waals surface area contributed by atoms with E-state index in [-0.39, 0.29) is 139 Å². The molecule has 28 nitrogen and oxygen atoms in total. The summed E-state index contributed by atoms with van der Waals surface area (Å²) in [6.07, 6.45) is 5.35. The quantitative estimate of drug-likeness (QED) is 0.0127. The van der Waals surface area contributed by atoms with Gasteiger partial charge in [-0.15, -0.1) is 0 Å². The topological polar surface area (TPSA) is 378 Å². The van der Waals surface area contributed by atoms with Crippen LogP contribution in [0.4, 0.5) is 21.0 Å². The molecule has 2 unspecified atom stereocenters. The molecule has 1 saturated heterocycles. The van der Waals surface area contributed by atoms with Crippen molar-refractivity contribution in [3.63, 3.8) is 0 Å². The lowest BCUT2D eigenvalue weighted by Crippen LogP contribution is -2.64. The number of primary amides is 1. The molecule has 112 heavy (non-hydrogen) atoms. The fourth-order valence-corrected chi connectivity index (χ4v) is 16.4. The number of alkyl carbamates (subject to hydrolysis) is 1. The van der Waals surface area contributed by atoms with Crippen molar-refractivity contribution in [2.24, 2.45) is 40.2 Å². The lowest BCUT2D eigenvalue weighted by Gasteiger charge is -2.59. The number of fused-ring (bicyclic) bond motifs is 9. The van der Waals surface area contributed by atoms with Crippen molar-refractivity contribution in [2.45, 2.75) is 167 Å². The summed E-state index contributed by atoms with van der Waals surface area (Å²) < 4.78 is 47.6. The van der Waals surface area contributed by atoms with Crippen molar-refractivity contribution >= 4 is 70.5 Å². The van der Waals surface area contributed by atoms with E-state index in [1.165, 1.54) is 0 Å². The van der Waals surface area contributed by atoms with E-state index in [4.69, 9.17) is 43.6 Å². The highest BCUT2D eigenvalue weighted by molar-refractivity contribution is 6.01. The number of urea groups is 1. The average Bonchev–Trinajstić information content (AvgIpc) is 1.50. The van der Waals surface area contributed by atoms with Crippen LogP contribution in [-0.2, 0) is 95.8 Å². The Morgan fingerprint density at radius 2 is 1.41 bits per heavy atom. The zero-order chi connectivity index (χ0) is 79.8. The largest absolute Gasteiger partial charge is 0.445 e. The molecule has 4 aromatic rings. The maximum Gasteiger partial charge on any atom is 0.407 e. The molecule has 602 valence electrons. The molecule has 10 N–H and O–H groups in total. The lowest BCUT2D eigenvalue weighted by atomic mass is 9.46. The number of Topliss-reactive ketones (excluding diaryl/α,β-unsaturated/α-hetero) is 1. The number of aliphatic hydroxyl groups is 1. The Morgan fingerprint density at radius 1 is 0.723 bits per heavy atom. The minimum atomic E-state index is -1.45. The van der Waals surface area contributed by atoms with Crippen molar-refractivity contribution in [2.75, 3.05) is 89.3 Å². The first-order valence-corrected chi connectivity index (χ1v) is 38.9. The third kappa shape index (κ3) is 22.2. The molecule has 3 saturated carbocycles. The van der Waals surface area contributed by atoms with Crippen LogP contribution in [0.1, 0.15) is 133 Å². The molecule has 6 aliphatic rings. The maximum atomic E-state index is 15.2. The van der Waals surface area contributed by atoms with Crippen molar-refractivity contribution in [3.05, 3.63) is 155 Å². The maximum absolute atomic E-state index is 15.2. The number of nitrogens with one attached hydrogen (secondary N) is 7. The molecule has 10 rings (SSSR count). The van der Waals surface area contributed by atoms with Crippen LogP contribution in [0.3, 0.4) is 0 Å². The third-order valence-corrected chi connectivity index (χ3v) is 22.0. The van der Waals surface area contributed by atoms with Gasteiger partial charge in [-0.05, 0) is 122 Å². The number of carbonyl (C=O) groups excluding carboxylic acids is 10. The summed E-state index contributed by atoms with van der Waals surface area (Å²) in [5.74, 6) is 2.66. The van der Waals surface area contributed by atoms with E-state index < -0.39 is 108 Å². The van der Waals surface area contributed by atoms with Gasteiger partial charge in [0.1, 0.15) is 38.1 Å². The summed E-state index contributed by atoms with van der Waals surface area (Å²) in [5.41, 5.74) is 8.41. The van der Waals surface area contributed by atoms with E-state index in [2.05, 4.69) is 56.0 Å². The highest BCUT2D eigenvalue weighted by atomic mass is 16.7.